The summed E-state index contributed by atoms with van der Waals surface area (Å²) in [7, 11) is -7.83. The average Bonchev–Trinajstić information content (AvgIpc) is 1.59. The Morgan fingerprint density at radius 1 is 1.00 bits per heavy atom. The Morgan fingerprint density at radius 2 is 1.08 bits per heavy atom. The van der Waals surface area contributed by atoms with Crippen molar-refractivity contribution in [1.82, 2.24) is 0 Å². The second-order valence-corrected chi connectivity index (χ2v) is 4.65. The first-order valence-corrected chi connectivity index (χ1v) is 5.80. The van der Waals surface area contributed by atoms with E-state index in [2.05, 4.69) is 0 Å². The molecule has 0 unspecified atom stereocenters. The van der Waals surface area contributed by atoms with Crippen LogP contribution in [0.1, 0.15) is 6.92 Å². The van der Waals surface area contributed by atoms with E-state index < -0.39 is 20.2 Å². The van der Waals surface area contributed by atoms with E-state index in [-0.39, 0.29) is 64.9 Å². The van der Waals surface area contributed by atoms with Crippen LogP contribution in [0, 0.1) is 0 Å². The van der Waals surface area contributed by atoms with Crippen molar-refractivity contribution in [1.29, 1.82) is 0 Å². The zero-order valence-corrected chi connectivity index (χ0v) is 13.6. The zero-order chi connectivity index (χ0) is 9.71. The number of hydrogen-bond acceptors (Lipinski definition) is 6. The molecule has 0 aliphatic rings. The van der Waals surface area contributed by atoms with Gasteiger partial charge in [0.1, 0.15) is 0 Å². The third-order valence-electron chi connectivity index (χ3n) is 0.354. The maximum absolute atomic E-state index is 9.44. The fraction of sp³-hybridized carbons (Fsp3) is 1.00. The normalized spacial score (nSPS) is 9.85. The van der Waals surface area contributed by atoms with E-state index in [0.717, 1.165) is 0 Å². The third-order valence-corrected chi connectivity index (χ3v) is 1.06. The summed E-state index contributed by atoms with van der Waals surface area (Å²) in [6, 6.07) is 0. The molecular weight excluding hydrogens is 242 g/mol. The number of hydrogen-bond donors (Lipinski definition) is 0. The summed E-state index contributed by atoms with van der Waals surface area (Å²) in [5, 5.41) is 0. The first kappa shape index (κ1) is 24.2. The van der Waals surface area contributed by atoms with Crippen molar-refractivity contribution in [3.05, 3.63) is 0 Å². The quantitative estimate of drug-likeness (QED) is 0.337. The Bertz CT molecular complexity index is 271. The van der Waals surface area contributed by atoms with E-state index >= 15 is 0 Å². The van der Waals surface area contributed by atoms with Gasteiger partial charge in [-0.15, -0.1) is 0 Å². The molecule has 0 aromatic carbocycles. The van der Waals surface area contributed by atoms with Crippen LogP contribution in [0.5, 0.6) is 0 Å². The fourth-order valence-corrected chi connectivity index (χ4v) is 0. The molecule has 0 heterocycles. The van der Waals surface area contributed by atoms with E-state index in [1.807, 2.05) is 0 Å². The van der Waals surface area contributed by atoms with Gasteiger partial charge in [-0.05, 0) is 0 Å². The molecule has 0 saturated carbocycles. The summed E-state index contributed by atoms with van der Waals surface area (Å²) in [6.45, 7) is 1.31. The summed E-state index contributed by atoms with van der Waals surface area (Å²) in [5.41, 5.74) is 0. The van der Waals surface area contributed by atoms with Crippen molar-refractivity contribution >= 4 is 20.2 Å². The Labute approximate surface area is 123 Å². The van der Waals surface area contributed by atoms with Crippen molar-refractivity contribution in [3.63, 3.8) is 0 Å². The average molecular weight is 250 g/mol. The summed E-state index contributed by atoms with van der Waals surface area (Å²) in [4.78, 5) is 0. The van der Waals surface area contributed by atoms with E-state index in [0.29, 0.717) is 6.26 Å². The third kappa shape index (κ3) is 83.1. The predicted molar refractivity (Wildman–Crippen MR) is 35.9 cm³/mol. The van der Waals surface area contributed by atoms with E-state index in [9.17, 15) is 13.0 Å². The molecule has 0 aliphatic carbocycles. The fourth-order valence-electron chi connectivity index (χ4n) is 0. The maximum Gasteiger partial charge on any atom is 1.00 e. The van der Waals surface area contributed by atoms with Gasteiger partial charge in [-0.3, -0.25) is 0 Å². The van der Waals surface area contributed by atoms with Crippen molar-refractivity contribution in [2.75, 3.05) is 12.0 Å². The molecule has 0 rings (SSSR count). The van der Waals surface area contributed by atoms with Crippen molar-refractivity contribution in [3.8, 4) is 0 Å². The van der Waals surface area contributed by atoms with Gasteiger partial charge in [-0.1, -0.05) is 6.92 Å². The van der Waals surface area contributed by atoms with Crippen molar-refractivity contribution < 1.29 is 85.1 Å². The molecule has 70 valence electrons. The monoisotopic (exact) mass is 250 g/mol. The molecule has 13 heavy (non-hydrogen) atoms. The second-order valence-electron chi connectivity index (χ2n) is 1.55. The SMILES string of the molecule is CCS(=O)(=O)[O-].CS(=O)(=O)[O-].[Na+].[Na+]. The first-order chi connectivity index (χ1) is 4.56. The largest absolute Gasteiger partial charge is 1.00 e. The summed E-state index contributed by atoms with van der Waals surface area (Å²) >= 11 is 0. The van der Waals surface area contributed by atoms with Gasteiger partial charge in [0.25, 0.3) is 0 Å². The molecule has 10 heteroatoms. The van der Waals surface area contributed by atoms with Gasteiger partial charge >= 0.3 is 59.1 Å². The molecule has 0 radical (unpaired) electrons. The predicted octanol–water partition coefficient (Wildman–Crippen LogP) is -7.28. The molecule has 6 nitrogen and oxygen atoms in total. The Kier molecular flexibility index (Phi) is 19.2. The van der Waals surface area contributed by atoms with Crippen LogP contribution < -0.4 is 59.1 Å². The molecule has 0 aromatic heterocycles. The molecule has 0 amide bonds. The first-order valence-electron chi connectivity index (χ1n) is 2.40. The van der Waals surface area contributed by atoms with Crippen LogP contribution >= 0.6 is 0 Å². The van der Waals surface area contributed by atoms with Gasteiger partial charge < -0.3 is 9.11 Å². The smallest absolute Gasteiger partial charge is 0.748 e. The van der Waals surface area contributed by atoms with Crippen molar-refractivity contribution in [2.45, 2.75) is 6.92 Å². The van der Waals surface area contributed by atoms with Gasteiger partial charge in [0, 0.05) is 12.0 Å². The Hall–Kier alpha value is 1.82. The molecule has 0 bridgehead atoms. The second kappa shape index (κ2) is 10.3. The van der Waals surface area contributed by atoms with E-state index in [1.165, 1.54) is 6.92 Å². The minimum Gasteiger partial charge on any atom is -0.748 e. The number of rotatable bonds is 1. The summed E-state index contributed by atoms with van der Waals surface area (Å²) < 4.78 is 55.6. The van der Waals surface area contributed by atoms with Gasteiger partial charge in [0.15, 0.2) is 0 Å². The molecule has 0 saturated heterocycles. The topological polar surface area (TPSA) is 114 Å². The van der Waals surface area contributed by atoms with Crippen LogP contribution in [0.15, 0.2) is 0 Å². The van der Waals surface area contributed by atoms with Gasteiger partial charge in [0.2, 0.25) is 0 Å². The van der Waals surface area contributed by atoms with Crippen LogP contribution in [0.2, 0.25) is 0 Å². The molecular formula is C3H8Na2O6S2. The van der Waals surface area contributed by atoms with Gasteiger partial charge in [-0.2, -0.15) is 0 Å². The minimum absolute atomic E-state index is 0. The molecule has 0 N–H and O–H groups in total. The van der Waals surface area contributed by atoms with Crippen LogP contribution in [-0.4, -0.2) is 37.9 Å². The van der Waals surface area contributed by atoms with Gasteiger partial charge in [0.05, 0.1) is 20.2 Å². The van der Waals surface area contributed by atoms with Crippen LogP contribution in [0.25, 0.3) is 0 Å². The zero-order valence-electron chi connectivity index (χ0n) is 7.97. The maximum atomic E-state index is 9.44. The van der Waals surface area contributed by atoms with Crippen LogP contribution in [0.3, 0.4) is 0 Å². The van der Waals surface area contributed by atoms with E-state index in [1.54, 1.807) is 0 Å². The molecule has 0 aromatic rings. The molecule has 0 fully saturated rings. The standard InChI is InChI=1S/C2H6O3S.CH4O3S.2Na/c1-2-6(3,4)5;1-5(2,3)4;;/h2H2,1H3,(H,3,4,5);1H3,(H,2,3,4);;/q;;2*+1/p-2. The summed E-state index contributed by atoms with van der Waals surface area (Å²) in [6.07, 6.45) is 0.604. The molecule has 0 atom stereocenters. The van der Waals surface area contributed by atoms with E-state index in [4.69, 9.17) is 13.0 Å². The Morgan fingerprint density at radius 3 is 1.08 bits per heavy atom. The van der Waals surface area contributed by atoms with Crippen molar-refractivity contribution in [2.24, 2.45) is 0 Å². The van der Waals surface area contributed by atoms with Gasteiger partial charge in [-0.25, -0.2) is 16.8 Å². The molecule has 0 aliphatic heterocycles. The van der Waals surface area contributed by atoms with Crippen LogP contribution in [0.4, 0.5) is 0 Å². The molecule has 0 spiro atoms. The minimum atomic E-state index is -3.92. The van der Waals surface area contributed by atoms with Crippen LogP contribution in [-0.2, 0) is 20.2 Å². The Balaban J connectivity index is -0.0000000546. The summed E-state index contributed by atoms with van der Waals surface area (Å²) in [5.74, 6) is -0.312.